The summed E-state index contributed by atoms with van der Waals surface area (Å²) in [5.74, 6) is -1.11. The third-order valence-electron chi connectivity index (χ3n) is 19.8. The molecule has 2 N–H and O–H groups in total. The van der Waals surface area contributed by atoms with E-state index in [0.717, 1.165) is 88.8 Å². The van der Waals surface area contributed by atoms with E-state index in [2.05, 4.69) is 99.6 Å². The predicted octanol–water partition coefficient (Wildman–Crippen LogP) is 14.2. The number of hydrogen-bond acceptors (Lipinski definition) is 13. The molecule has 8 heterocycles. The zero-order chi connectivity index (χ0) is 65.5. The van der Waals surface area contributed by atoms with E-state index in [-0.39, 0.29) is 59.8 Å². The monoisotopic (exact) mass is 1350 g/mol. The van der Waals surface area contributed by atoms with Crippen LogP contribution in [0.1, 0.15) is 141 Å². The molecule has 10 atom stereocenters. The molecule has 0 saturated carbocycles. The van der Waals surface area contributed by atoms with E-state index in [1.54, 1.807) is 4.90 Å². The number of nitrogens with one attached hydrogen (secondary N) is 1. The van der Waals surface area contributed by atoms with E-state index < -0.39 is 29.1 Å². The van der Waals surface area contributed by atoms with Gasteiger partial charge in [-0.05, 0) is 206 Å². The van der Waals surface area contributed by atoms with Gasteiger partial charge in [0.25, 0.3) is 11.8 Å². The van der Waals surface area contributed by atoms with Crippen LogP contribution in [0.15, 0.2) is 128 Å². The number of halogens is 4. The number of rotatable bonds is 14. The second-order valence-corrected chi connectivity index (χ2v) is 30.2. The van der Waals surface area contributed by atoms with Crippen LogP contribution in [0.5, 0.6) is 0 Å². The Morgan fingerprint density at radius 1 is 0.593 bits per heavy atom. The number of carbonyl (C=O) groups excluding carboxylic acids is 3. The molecule has 12 rings (SSSR count). The highest BCUT2D eigenvalue weighted by atomic mass is 35.5. The molecule has 4 saturated heterocycles. The van der Waals surface area contributed by atoms with Crippen molar-refractivity contribution in [2.45, 2.75) is 166 Å². The number of carbonyl (C=O) groups is 4. The lowest BCUT2D eigenvalue weighted by atomic mass is 9.81. The summed E-state index contributed by atoms with van der Waals surface area (Å²) in [5.41, 5.74) is 4.69. The van der Waals surface area contributed by atoms with Crippen LogP contribution in [0.3, 0.4) is 0 Å². The fourth-order valence-corrected chi connectivity index (χ4v) is 18.1. The summed E-state index contributed by atoms with van der Waals surface area (Å²) in [7, 11) is 8.20. The lowest BCUT2D eigenvalue weighted by molar-refractivity contribution is -0.148. The number of thioether (sulfide) groups is 2. The van der Waals surface area contributed by atoms with Gasteiger partial charge in [-0.3, -0.25) is 14.4 Å². The van der Waals surface area contributed by atoms with Gasteiger partial charge in [-0.2, -0.15) is 0 Å². The van der Waals surface area contributed by atoms with Gasteiger partial charge < -0.3 is 44.7 Å². The van der Waals surface area contributed by atoms with Crippen molar-refractivity contribution in [3.05, 3.63) is 161 Å². The number of likely N-dealkylation sites (N-methyl/N-ethyl adjacent to an activating group) is 4. The minimum Gasteiger partial charge on any atom is -0.480 e. The Bertz CT molecular complexity index is 3480. The standard InChI is InChI=1S/C35H43Cl2N5O2S.C29H31Cl2N3O3S.C6H14N2/c1-7-26-16-17-28(32(43)40(6)27-18-19-39(5)20-27)41(26)33(44)30-29(21(2)3)42-31(22-8-12-24(36)13-9-22)35(4,38-34(42)45-30)23-10-14-25(37)15-11-23;1-5-21-14-15-22(27(36)37)33(21)26(35)24-23(16(2)3)34-25(17-6-10-19(30)11-7-17)29(4,32-28(34)38-24)18-8-12-20(31)13-9-18;1-7-6-3-4-8(2)5-6/h8-15,21,26-28,31H,7,16-20H2,1-6H3;6-13,16,21-22,25H,5,14-15H2,1-4H3,(H,36,37);6-7H,3-5H2,1-2H3/t26-,27+,28+,31-,35+;21-,22+,25-,29+;6-/m110/s1. The quantitative estimate of drug-likeness (QED) is 0.124. The average Bonchev–Trinajstić information content (AvgIpc) is 1.57. The molecule has 21 heteroatoms. The van der Waals surface area contributed by atoms with E-state index in [1.807, 2.05) is 116 Å². The van der Waals surface area contributed by atoms with Crippen LogP contribution < -0.4 is 5.32 Å². The first-order valence-electron chi connectivity index (χ1n) is 32.2. The molecular formula is C70H88Cl4N10O5S2. The topological polar surface area (TPSA) is 148 Å². The van der Waals surface area contributed by atoms with Crippen molar-refractivity contribution >= 4 is 104 Å². The number of carboxylic acid groups (broad SMARTS) is 1. The summed E-state index contributed by atoms with van der Waals surface area (Å²) in [5, 5.41) is 17.3. The van der Waals surface area contributed by atoms with E-state index in [9.17, 15) is 24.3 Å². The summed E-state index contributed by atoms with van der Waals surface area (Å²) >= 11 is 27.9. The van der Waals surface area contributed by atoms with E-state index in [1.165, 1.54) is 43.0 Å². The van der Waals surface area contributed by atoms with Crippen LogP contribution in [0.25, 0.3) is 0 Å². The van der Waals surface area contributed by atoms with Crippen molar-refractivity contribution in [1.29, 1.82) is 0 Å². The first-order valence-corrected chi connectivity index (χ1v) is 35.3. The molecule has 0 aliphatic carbocycles. The van der Waals surface area contributed by atoms with Crippen LogP contribution in [-0.2, 0) is 30.3 Å². The van der Waals surface area contributed by atoms with Gasteiger partial charge in [0.1, 0.15) is 33.0 Å². The molecule has 0 spiro atoms. The number of hydrogen-bond donors (Lipinski definition) is 2. The summed E-state index contributed by atoms with van der Waals surface area (Å²) in [6, 6.07) is 30.5. The second-order valence-electron chi connectivity index (χ2n) is 26.5. The van der Waals surface area contributed by atoms with Gasteiger partial charge in [0.15, 0.2) is 10.3 Å². The van der Waals surface area contributed by atoms with Crippen LogP contribution >= 0.6 is 69.9 Å². The molecule has 0 aromatic heterocycles. The highest BCUT2D eigenvalue weighted by molar-refractivity contribution is 8.18. The van der Waals surface area contributed by atoms with Crippen molar-refractivity contribution < 1.29 is 24.3 Å². The van der Waals surface area contributed by atoms with Gasteiger partial charge in [0.05, 0.1) is 12.1 Å². The number of fused-ring (bicyclic) bond motifs is 2. The number of benzene rings is 4. The third kappa shape index (κ3) is 13.6. The number of amidine groups is 2. The fourth-order valence-electron chi connectivity index (χ4n) is 14.8. The largest absolute Gasteiger partial charge is 0.480 e. The Balaban J connectivity index is 0.000000180. The van der Waals surface area contributed by atoms with E-state index in [0.29, 0.717) is 49.2 Å². The molecule has 0 unspecified atom stereocenters. The maximum atomic E-state index is 14.8. The van der Waals surface area contributed by atoms with Crippen molar-refractivity contribution in [2.24, 2.45) is 21.8 Å². The van der Waals surface area contributed by atoms with Gasteiger partial charge >= 0.3 is 5.97 Å². The SMILES string of the molecule is CC[C@@H]1CC[C@@H](C(=O)N(C)[C@H]2CCN(C)C2)N1C(=O)C1=C(C(C)C)N2C(=N[C@@](C)(c3ccc(Cl)cc3)[C@H]2c2ccc(Cl)cc2)S1.CC[C@@H]1CC[C@@H](C(=O)O)N1C(=O)C1=C(C(C)C)N2C(=N[C@@](C)(c3ccc(Cl)cc3)[C@H]2c2ccc(Cl)cc2)S1.CN[C@H]1CCN(C)C1. The zero-order valence-electron chi connectivity index (χ0n) is 54.4. The van der Waals surface area contributed by atoms with E-state index >= 15 is 0 Å². The maximum Gasteiger partial charge on any atom is 0.326 e. The summed E-state index contributed by atoms with van der Waals surface area (Å²) < 4.78 is 0. The van der Waals surface area contributed by atoms with Gasteiger partial charge in [0, 0.05) is 75.8 Å². The maximum absolute atomic E-state index is 14.8. The number of allylic oxidation sites excluding steroid dienone is 2. The van der Waals surface area contributed by atoms with Crippen LogP contribution in [0.2, 0.25) is 20.1 Å². The lowest BCUT2D eigenvalue weighted by Crippen LogP contribution is -2.52. The first-order chi connectivity index (χ1) is 43.3. The van der Waals surface area contributed by atoms with Crippen LogP contribution in [-0.4, -0.2) is 164 Å². The Hall–Kier alpha value is -5.08. The molecule has 0 radical (unpaired) electrons. The Morgan fingerprint density at radius 3 is 1.32 bits per heavy atom. The Morgan fingerprint density at radius 2 is 0.978 bits per heavy atom. The summed E-state index contributed by atoms with van der Waals surface area (Å²) in [4.78, 5) is 81.3. The van der Waals surface area contributed by atoms with Crippen LogP contribution in [0.4, 0.5) is 0 Å². The Kier molecular flexibility index (Phi) is 21.5. The van der Waals surface area contributed by atoms with Crippen molar-refractivity contribution in [1.82, 2.24) is 39.6 Å². The third-order valence-corrected chi connectivity index (χ3v) is 22.9. The molecule has 488 valence electrons. The number of likely N-dealkylation sites (tertiary alicyclic amines) is 4. The number of amides is 3. The molecule has 4 aromatic carbocycles. The van der Waals surface area contributed by atoms with Gasteiger partial charge in [-0.25, -0.2) is 14.8 Å². The lowest BCUT2D eigenvalue weighted by Gasteiger charge is -2.37. The van der Waals surface area contributed by atoms with Crippen LogP contribution in [0, 0.1) is 11.8 Å². The number of aliphatic imine (C=N–C) groups is 2. The minimum atomic E-state index is -0.948. The highest BCUT2D eigenvalue weighted by Crippen LogP contribution is 2.59. The molecule has 0 bridgehead atoms. The van der Waals surface area contributed by atoms with Crippen molar-refractivity contribution in [2.75, 3.05) is 54.4 Å². The first kappa shape index (κ1) is 68.8. The predicted molar refractivity (Wildman–Crippen MR) is 373 cm³/mol. The van der Waals surface area contributed by atoms with E-state index in [4.69, 9.17) is 56.4 Å². The smallest absolute Gasteiger partial charge is 0.326 e. The molecule has 15 nitrogen and oxygen atoms in total. The molecule has 8 aliphatic rings. The molecule has 4 fully saturated rings. The summed E-state index contributed by atoms with van der Waals surface area (Å²) in [6.07, 6.45) is 6.50. The molecular weight excluding hydrogens is 1270 g/mol. The molecule has 8 aliphatic heterocycles. The Labute approximate surface area is 567 Å². The summed E-state index contributed by atoms with van der Waals surface area (Å²) in [6.45, 7) is 21.1. The minimum absolute atomic E-state index is 0.00229. The molecule has 91 heavy (non-hydrogen) atoms. The zero-order valence-corrected chi connectivity index (χ0v) is 59.1. The van der Waals surface area contributed by atoms with Gasteiger partial charge in [-0.1, -0.05) is 136 Å². The number of carboxylic acids is 1. The molecule has 4 aromatic rings. The fraction of sp³-hybridized carbons (Fsp3) is 0.514. The van der Waals surface area contributed by atoms with Crippen molar-refractivity contribution in [3.63, 3.8) is 0 Å². The number of aliphatic carboxylic acids is 1. The van der Waals surface area contributed by atoms with Gasteiger partial charge in [0.2, 0.25) is 5.91 Å². The highest BCUT2D eigenvalue weighted by Gasteiger charge is 2.57. The van der Waals surface area contributed by atoms with Crippen molar-refractivity contribution in [3.8, 4) is 0 Å². The second kappa shape index (κ2) is 28.5. The number of nitrogens with zero attached hydrogens (tertiary/aromatic N) is 9. The molecule has 3 amide bonds. The normalized spacial score (nSPS) is 28.0. The van der Waals surface area contributed by atoms with Gasteiger partial charge in [-0.15, -0.1) is 0 Å². The average molecular weight is 1360 g/mol.